The molecule has 4 heteroatoms. The molecule has 0 spiro atoms. The van der Waals surface area contributed by atoms with E-state index in [1.807, 2.05) is 4.90 Å². The van der Waals surface area contributed by atoms with Crippen molar-refractivity contribution in [2.75, 3.05) is 6.54 Å². The summed E-state index contributed by atoms with van der Waals surface area (Å²) in [7, 11) is 0. The number of nitrogens with two attached hydrogens (primary N) is 1. The average molecular weight is 290 g/mol. The van der Waals surface area contributed by atoms with Crippen molar-refractivity contribution >= 4 is 23.1 Å². The average Bonchev–Trinajstić information content (AvgIpc) is 2.46. The molecule has 0 bridgehead atoms. The second-order valence-electron chi connectivity index (χ2n) is 5.49. The van der Waals surface area contributed by atoms with Crippen molar-refractivity contribution in [3.63, 3.8) is 0 Å². The highest BCUT2D eigenvalue weighted by molar-refractivity contribution is 7.80. The lowest BCUT2D eigenvalue weighted by atomic mass is 10.0. The van der Waals surface area contributed by atoms with E-state index < -0.39 is 0 Å². The predicted octanol–water partition coefficient (Wildman–Crippen LogP) is 2.59. The van der Waals surface area contributed by atoms with Crippen LogP contribution in [0.3, 0.4) is 0 Å². The third kappa shape index (κ3) is 3.79. The molecule has 1 aromatic carbocycles. The molecular weight excluding hydrogens is 268 g/mol. The lowest BCUT2D eigenvalue weighted by Crippen LogP contribution is -2.49. The van der Waals surface area contributed by atoms with E-state index in [2.05, 4.69) is 31.2 Å². The van der Waals surface area contributed by atoms with Crippen LogP contribution < -0.4 is 5.73 Å². The van der Waals surface area contributed by atoms with Gasteiger partial charge < -0.3 is 10.6 Å². The number of benzene rings is 1. The minimum atomic E-state index is -0.0377. The van der Waals surface area contributed by atoms with Crippen LogP contribution >= 0.6 is 12.2 Å². The fraction of sp³-hybridized carbons (Fsp3) is 0.500. The molecule has 2 N–H and O–H groups in total. The van der Waals surface area contributed by atoms with Crippen LogP contribution in [0.4, 0.5) is 0 Å². The molecule has 1 saturated heterocycles. The van der Waals surface area contributed by atoms with Crippen molar-refractivity contribution in [1.29, 1.82) is 0 Å². The van der Waals surface area contributed by atoms with E-state index in [1.54, 1.807) is 0 Å². The Kier molecular flexibility index (Phi) is 5.12. The molecule has 1 aliphatic rings. The normalized spacial score (nSPS) is 18.9. The summed E-state index contributed by atoms with van der Waals surface area (Å²) >= 11 is 5.09. The van der Waals surface area contributed by atoms with Crippen molar-refractivity contribution in [2.24, 2.45) is 5.73 Å². The summed E-state index contributed by atoms with van der Waals surface area (Å²) in [5.41, 5.74) is 8.20. The monoisotopic (exact) mass is 290 g/mol. The van der Waals surface area contributed by atoms with Gasteiger partial charge in [0.25, 0.3) is 0 Å². The molecule has 2 rings (SSSR count). The van der Waals surface area contributed by atoms with Gasteiger partial charge in [-0.05, 0) is 38.2 Å². The summed E-state index contributed by atoms with van der Waals surface area (Å²) in [5, 5.41) is 0. The van der Waals surface area contributed by atoms with Gasteiger partial charge in [-0.25, -0.2) is 0 Å². The largest absolute Gasteiger partial charge is 0.392 e. The lowest BCUT2D eigenvalue weighted by molar-refractivity contribution is -0.133. The molecule has 1 aliphatic heterocycles. The molecule has 1 atom stereocenters. The van der Waals surface area contributed by atoms with E-state index in [0.29, 0.717) is 11.4 Å². The maximum Gasteiger partial charge on any atom is 0.223 e. The predicted molar refractivity (Wildman–Crippen MR) is 85.6 cm³/mol. The van der Waals surface area contributed by atoms with Gasteiger partial charge in [0.15, 0.2) is 0 Å². The van der Waals surface area contributed by atoms with Crippen molar-refractivity contribution in [3.8, 4) is 0 Å². The summed E-state index contributed by atoms with van der Waals surface area (Å²) in [5.74, 6) is 0.170. The van der Waals surface area contributed by atoms with Gasteiger partial charge in [-0.3, -0.25) is 4.79 Å². The van der Waals surface area contributed by atoms with E-state index in [4.69, 9.17) is 18.0 Å². The van der Waals surface area contributed by atoms with Crippen molar-refractivity contribution in [1.82, 2.24) is 4.90 Å². The van der Waals surface area contributed by atoms with Crippen LogP contribution in [-0.4, -0.2) is 28.4 Å². The van der Waals surface area contributed by atoms with Gasteiger partial charge >= 0.3 is 0 Å². The molecule has 0 aliphatic carbocycles. The Balaban J connectivity index is 1.93. The van der Waals surface area contributed by atoms with E-state index in [0.717, 1.165) is 32.2 Å². The van der Waals surface area contributed by atoms with Gasteiger partial charge in [0.05, 0.1) is 11.0 Å². The number of carbonyl (C=O) groups excluding carboxylic acids is 1. The molecule has 3 nitrogen and oxygen atoms in total. The first kappa shape index (κ1) is 15.0. The molecule has 20 heavy (non-hydrogen) atoms. The Labute approximate surface area is 126 Å². The number of rotatable bonds is 4. The number of carbonyl (C=O) groups is 1. The first-order valence-corrected chi connectivity index (χ1v) is 7.63. The van der Waals surface area contributed by atoms with Crippen LogP contribution in [0.5, 0.6) is 0 Å². The maximum atomic E-state index is 12.4. The maximum absolute atomic E-state index is 12.4. The molecule has 108 valence electrons. The third-order valence-corrected chi connectivity index (χ3v) is 4.17. The Morgan fingerprint density at radius 2 is 2.05 bits per heavy atom. The summed E-state index contributed by atoms with van der Waals surface area (Å²) in [6, 6.07) is 8.30. The summed E-state index contributed by atoms with van der Waals surface area (Å²) in [6.07, 6.45) is 4.37. The van der Waals surface area contributed by atoms with Gasteiger partial charge in [0.2, 0.25) is 5.91 Å². The molecule has 1 unspecified atom stereocenters. The summed E-state index contributed by atoms with van der Waals surface area (Å²) < 4.78 is 0. The summed E-state index contributed by atoms with van der Waals surface area (Å²) in [6.45, 7) is 2.85. The fourth-order valence-electron chi connectivity index (χ4n) is 2.68. The molecule has 0 radical (unpaired) electrons. The van der Waals surface area contributed by atoms with E-state index in [-0.39, 0.29) is 11.9 Å². The van der Waals surface area contributed by atoms with E-state index >= 15 is 0 Å². The topological polar surface area (TPSA) is 46.3 Å². The van der Waals surface area contributed by atoms with Crippen LogP contribution in [-0.2, 0) is 11.2 Å². The van der Waals surface area contributed by atoms with E-state index in [1.165, 1.54) is 11.1 Å². The standard InChI is InChI=1S/C16H22N2OS/c1-12-5-7-13(8-6-12)9-10-15(19)18-11-3-2-4-14(18)16(17)20/h5-8,14H,2-4,9-11H2,1H3,(H2,17,20). The Morgan fingerprint density at radius 3 is 2.70 bits per heavy atom. The van der Waals surface area contributed by atoms with Crippen molar-refractivity contribution in [2.45, 2.75) is 45.1 Å². The van der Waals surface area contributed by atoms with Crippen LogP contribution in [0, 0.1) is 6.92 Å². The van der Waals surface area contributed by atoms with Gasteiger partial charge in [-0.1, -0.05) is 42.0 Å². The second kappa shape index (κ2) is 6.84. The number of likely N-dealkylation sites (tertiary alicyclic amines) is 1. The molecule has 1 amide bonds. The molecule has 1 aromatic rings. The quantitative estimate of drug-likeness (QED) is 0.867. The minimum Gasteiger partial charge on any atom is -0.392 e. The van der Waals surface area contributed by atoms with Crippen LogP contribution in [0.2, 0.25) is 0 Å². The molecule has 1 fully saturated rings. The molecule has 1 heterocycles. The van der Waals surface area contributed by atoms with Crippen LogP contribution in [0.1, 0.15) is 36.8 Å². The number of nitrogens with zero attached hydrogens (tertiary/aromatic N) is 1. The molecule has 0 aromatic heterocycles. The number of aryl methyl sites for hydroxylation is 2. The Hall–Kier alpha value is -1.42. The zero-order valence-corrected chi connectivity index (χ0v) is 12.8. The van der Waals surface area contributed by atoms with Gasteiger partial charge in [-0.15, -0.1) is 0 Å². The smallest absolute Gasteiger partial charge is 0.223 e. The Bertz CT molecular complexity index is 484. The van der Waals surface area contributed by atoms with Crippen molar-refractivity contribution < 1.29 is 4.79 Å². The second-order valence-corrected chi connectivity index (χ2v) is 5.96. The fourth-order valence-corrected chi connectivity index (χ4v) is 2.92. The number of hydrogen-bond donors (Lipinski definition) is 1. The summed E-state index contributed by atoms with van der Waals surface area (Å²) in [4.78, 5) is 14.7. The molecule has 0 saturated carbocycles. The molecular formula is C16H22N2OS. The first-order chi connectivity index (χ1) is 9.58. The van der Waals surface area contributed by atoms with Crippen LogP contribution in [0.15, 0.2) is 24.3 Å². The SMILES string of the molecule is Cc1ccc(CCC(=O)N2CCCCC2C(N)=S)cc1. The number of hydrogen-bond acceptors (Lipinski definition) is 2. The van der Waals surface area contributed by atoms with Gasteiger partial charge in [0, 0.05) is 13.0 Å². The van der Waals surface area contributed by atoms with Crippen LogP contribution in [0.25, 0.3) is 0 Å². The van der Waals surface area contributed by atoms with Crippen molar-refractivity contribution in [3.05, 3.63) is 35.4 Å². The number of amides is 1. The minimum absolute atomic E-state index is 0.0377. The highest BCUT2D eigenvalue weighted by Gasteiger charge is 2.27. The lowest BCUT2D eigenvalue weighted by Gasteiger charge is -2.35. The Morgan fingerprint density at radius 1 is 1.35 bits per heavy atom. The van der Waals surface area contributed by atoms with Gasteiger partial charge in [0.1, 0.15) is 0 Å². The number of thiocarbonyl (C=S) groups is 1. The highest BCUT2D eigenvalue weighted by atomic mass is 32.1. The third-order valence-electron chi connectivity index (χ3n) is 3.90. The zero-order valence-electron chi connectivity index (χ0n) is 12.0. The first-order valence-electron chi connectivity index (χ1n) is 7.22. The zero-order chi connectivity index (χ0) is 14.5. The number of piperidine rings is 1. The van der Waals surface area contributed by atoms with E-state index in [9.17, 15) is 4.79 Å². The highest BCUT2D eigenvalue weighted by Crippen LogP contribution is 2.19. The van der Waals surface area contributed by atoms with Gasteiger partial charge in [-0.2, -0.15) is 0 Å².